The van der Waals surface area contributed by atoms with E-state index in [-0.39, 0.29) is 23.8 Å². The van der Waals surface area contributed by atoms with Gasteiger partial charge in [0.15, 0.2) is 0 Å². The number of nitrogens with zero attached hydrogens (tertiary/aromatic N) is 4. The number of ether oxygens (including phenoxy) is 2. The normalized spacial score (nSPS) is 10.5. The van der Waals surface area contributed by atoms with Crippen LogP contribution >= 0.6 is 0 Å². The number of aryl methyl sites for hydroxylation is 1. The van der Waals surface area contributed by atoms with E-state index in [1.165, 1.54) is 11.6 Å². The molecule has 0 bridgehead atoms. The van der Waals surface area contributed by atoms with E-state index in [0.29, 0.717) is 24.6 Å². The first-order chi connectivity index (χ1) is 11.9. The van der Waals surface area contributed by atoms with Crippen LogP contribution in [-0.2, 0) is 16.1 Å². The van der Waals surface area contributed by atoms with Crippen molar-refractivity contribution >= 4 is 17.3 Å². The molecule has 0 spiro atoms. The van der Waals surface area contributed by atoms with Crippen LogP contribution in [-0.4, -0.2) is 45.9 Å². The third-order valence-corrected chi connectivity index (χ3v) is 3.39. The van der Waals surface area contributed by atoms with Crippen LogP contribution in [0.5, 0.6) is 5.88 Å². The quantitative estimate of drug-likeness (QED) is 0.435. The lowest BCUT2D eigenvalue weighted by atomic mass is 10.3. The van der Waals surface area contributed by atoms with Crippen LogP contribution in [0.3, 0.4) is 0 Å². The van der Waals surface area contributed by atoms with Gasteiger partial charge in [0, 0.05) is 13.3 Å². The Balaban J connectivity index is 2.09. The summed E-state index contributed by atoms with van der Waals surface area (Å²) >= 11 is 0. The number of anilines is 1. The Labute approximate surface area is 143 Å². The zero-order chi connectivity index (χ0) is 18.4. The molecule has 25 heavy (non-hydrogen) atoms. The first-order valence-electron chi connectivity index (χ1n) is 7.49. The van der Waals surface area contributed by atoms with Crippen molar-refractivity contribution in [3.8, 4) is 5.88 Å². The summed E-state index contributed by atoms with van der Waals surface area (Å²) in [7, 11) is 1.55. The summed E-state index contributed by atoms with van der Waals surface area (Å²) in [5, 5.41) is 17.7. The molecule has 1 N–H and O–H groups in total. The molecule has 0 unspecified atom stereocenters. The minimum atomic E-state index is -0.505. The molecule has 10 nitrogen and oxygen atoms in total. The van der Waals surface area contributed by atoms with E-state index < -0.39 is 10.8 Å². The Morgan fingerprint density at radius 3 is 2.80 bits per heavy atom. The minimum absolute atomic E-state index is 0.0854. The van der Waals surface area contributed by atoms with Gasteiger partial charge in [0.1, 0.15) is 30.2 Å². The van der Waals surface area contributed by atoms with Crippen molar-refractivity contribution in [1.29, 1.82) is 0 Å². The topological polar surface area (TPSA) is 121 Å². The molecule has 2 rings (SSSR count). The zero-order valence-electron chi connectivity index (χ0n) is 14.2. The molecule has 0 aromatic carbocycles. The number of amides is 1. The van der Waals surface area contributed by atoms with Crippen LogP contribution in [0.2, 0.25) is 0 Å². The van der Waals surface area contributed by atoms with E-state index in [4.69, 9.17) is 9.47 Å². The van der Waals surface area contributed by atoms with Gasteiger partial charge in [-0.1, -0.05) is 0 Å². The third-order valence-electron chi connectivity index (χ3n) is 3.39. The monoisotopic (exact) mass is 349 g/mol. The van der Waals surface area contributed by atoms with E-state index in [9.17, 15) is 14.9 Å². The van der Waals surface area contributed by atoms with E-state index in [2.05, 4.69) is 15.4 Å². The first kappa shape index (κ1) is 18.3. The summed E-state index contributed by atoms with van der Waals surface area (Å²) in [5.41, 5.74) is 0.901. The molecule has 0 aliphatic heterocycles. The molecular weight excluding hydrogens is 330 g/mol. The number of aromatic nitrogens is 3. The fourth-order valence-corrected chi connectivity index (χ4v) is 2.25. The predicted octanol–water partition coefficient (Wildman–Crippen LogP) is 1.47. The maximum atomic E-state index is 12.3. The Hall–Kier alpha value is -3.01. The van der Waals surface area contributed by atoms with Crippen molar-refractivity contribution in [2.75, 3.05) is 25.6 Å². The van der Waals surface area contributed by atoms with Crippen molar-refractivity contribution in [3.63, 3.8) is 0 Å². The van der Waals surface area contributed by atoms with Gasteiger partial charge in [-0.15, -0.1) is 0 Å². The Morgan fingerprint density at radius 2 is 2.16 bits per heavy atom. The lowest BCUT2D eigenvalue weighted by Gasteiger charge is -2.11. The largest absolute Gasteiger partial charge is 0.474 e. The highest BCUT2D eigenvalue weighted by Crippen LogP contribution is 2.23. The van der Waals surface area contributed by atoms with Gasteiger partial charge in [0.25, 0.3) is 0 Å². The lowest BCUT2D eigenvalue weighted by molar-refractivity contribution is -0.386. The zero-order valence-corrected chi connectivity index (χ0v) is 14.2. The highest BCUT2D eigenvalue weighted by atomic mass is 16.6. The molecular formula is C15H19N5O5. The fraction of sp³-hybridized carbons (Fsp3) is 0.400. The minimum Gasteiger partial charge on any atom is -0.474 e. The van der Waals surface area contributed by atoms with E-state index in [0.717, 1.165) is 0 Å². The fourth-order valence-electron chi connectivity index (χ4n) is 2.25. The predicted molar refractivity (Wildman–Crippen MR) is 88.6 cm³/mol. The van der Waals surface area contributed by atoms with Crippen molar-refractivity contribution in [2.24, 2.45) is 0 Å². The van der Waals surface area contributed by atoms with Crippen molar-refractivity contribution in [3.05, 3.63) is 39.8 Å². The molecule has 0 atom stereocenters. The number of carbonyl (C=O) groups is 1. The van der Waals surface area contributed by atoms with Gasteiger partial charge in [-0.3, -0.25) is 19.6 Å². The van der Waals surface area contributed by atoms with Crippen LogP contribution in [0.15, 0.2) is 18.3 Å². The number of hydrogen-bond acceptors (Lipinski definition) is 7. The van der Waals surface area contributed by atoms with Crippen LogP contribution in [0.25, 0.3) is 0 Å². The summed E-state index contributed by atoms with van der Waals surface area (Å²) in [6.07, 6.45) is 1.54. The molecule has 0 aliphatic rings. The Kier molecular flexibility index (Phi) is 6.01. The van der Waals surface area contributed by atoms with Crippen LogP contribution in [0, 0.1) is 24.0 Å². The van der Waals surface area contributed by atoms with Gasteiger partial charge < -0.3 is 14.8 Å². The van der Waals surface area contributed by atoms with Crippen LogP contribution < -0.4 is 10.1 Å². The smallest absolute Gasteiger partial charge is 0.312 e. The molecule has 2 aromatic heterocycles. The molecule has 0 aliphatic carbocycles. The van der Waals surface area contributed by atoms with Crippen molar-refractivity contribution in [1.82, 2.24) is 14.8 Å². The highest BCUT2D eigenvalue weighted by Gasteiger charge is 2.23. The van der Waals surface area contributed by atoms with Gasteiger partial charge in [0.2, 0.25) is 11.8 Å². The summed E-state index contributed by atoms with van der Waals surface area (Å²) in [6.45, 7) is 3.60. The second-order valence-electron chi connectivity index (χ2n) is 5.18. The Bertz CT molecular complexity index is 774. The summed E-state index contributed by atoms with van der Waals surface area (Å²) in [4.78, 5) is 26.8. The first-order valence-corrected chi connectivity index (χ1v) is 7.49. The molecule has 0 fully saturated rings. The van der Waals surface area contributed by atoms with E-state index in [1.807, 2.05) is 0 Å². The standard InChI is InChI=1S/C15H19N5O5/c1-10-14(20(22)23)11(2)19(18-10)9-13(21)17-12-5-4-6-16-15(12)25-8-7-24-3/h4-6H,7-9H2,1-3H3,(H,17,21). The molecule has 0 radical (unpaired) electrons. The molecule has 0 saturated heterocycles. The number of nitrogens with one attached hydrogen (secondary N) is 1. The second kappa shape index (κ2) is 8.20. The molecule has 134 valence electrons. The molecule has 2 aromatic rings. The van der Waals surface area contributed by atoms with Crippen molar-refractivity contribution < 1.29 is 19.2 Å². The molecule has 0 saturated carbocycles. The summed E-state index contributed by atoms with van der Waals surface area (Å²) < 4.78 is 11.6. The molecule has 10 heteroatoms. The third kappa shape index (κ3) is 4.51. The molecule has 2 heterocycles. The van der Waals surface area contributed by atoms with Gasteiger partial charge in [-0.25, -0.2) is 4.98 Å². The van der Waals surface area contributed by atoms with Gasteiger partial charge >= 0.3 is 5.69 Å². The van der Waals surface area contributed by atoms with Crippen LogP contribution in [0.4, 0.5) is 11.4 Å². The maximum absolute atomic E-state index is 12.3. The number of rotatable bonds is 8. The number of methoxy groups -OCH3 is 1. The number of carbonyl (C=O) groups excluding carboxylic acids is 1. The second-order valence-corrected chi connectivity index (χ2v) is 5.18. The summed E-state index contributed by atoms with van der Waals surface area (Å²) in [5.74, 6) is -0.127. The van der Waals surface area contributed by atoms with Crippen molar-refractivity contribution in [2.45, 2.75) is 20.4 Å². The van der Waals surface area contributed by atoms with E-state index in [1.54, 1.807) is 32.4 Å². The average Bonchev–Trinajstić information content (AvgIpc) is 2.83. The highest BCUT2D eigenvalue weighted by molar-refractivity contribution is 5.91. The Morgan fingerprint density at radius 1 is 1.40 bits per heavy atom. The van der Waals surface area contributed by atoms with E-state index >= 15 is 0 Å². The van der Waals surface area contributed by atoms with Crippen LogP contribution in [0.1, 0.15) is 11.4 Å². The van der Waals surface area contributed by atoms with Gasteiger partial charge in [-0.2, -0.15) is 5.10 Å². The average molecular weight is 349 g/mol. The molecule has 1 amide bonds. The van der Waals surface area contributed by atoms with Gasteiger partial charge in [0.05, 0.1) is 11.5 Å². The summed E-state index contributed by atoms with van der Waals surface area (Å²) in [6, 6.07) is 3.31. The number of nitro groups is 1. The van der Waals surface area contributed by atoms with Gasteiger partial charge in [-0.05, 0) is 26.0 Å². The number of pyridine rings is 1. The lowest BCUT2D eigenvalue weighted by Crippen LogP contribution is -2.21. The maximum Gasteiger partial charge on any atom is 0.312 e. The SMILES string of the molecule is COCCOc1ncccc1NC(=O)Cn1nc(C)c([N+](=O)[O-])c1C. The number of hydrogen-bond donors (Lipinski definition) is 1.